The molecule has 0 bridgehead atoms. The predicted molar refractivity (Wildman–Crippen MR) is 88.6 cm³/mol. The molecule has 0 aromatic heterocycles. The summed E-state index contributed by atoms with van der Waals surface area (Å²) in [4.78, 5) is 0. The van der Waals surface area contributed by atoms with Crippen LogP contribution in [-0.4, -0.2) is 13.1 Å². The first-order valence-corrected chi connectivity index (χ1v) is 8.52. The Bertz CT molecular complexity index is 190. The van der Waals surface area contributed by atoms with Gasteiger partial charge >= 0.3 is 0 Å². The molecule has 0 spiro atoms. The van der Waals surface area contributed by atoms with Gasteiger partial charge in [-0.2, -0.15) is 0 Å². The normalized spacial score (nSPS) is 14.1. The van der Waals surface area contributed by atoms with Gasteiger partial charge in [0.1, 0.15) is 0 Å². The molecule has 0 fully saturated rings. The minimum absolute atomic E-state index is 0.482. The van der Waals surface area contributed by atoms with Gasteiger partial charge in [0.05, 0.1) is 0 Å². The van der Waals surface area contributed by atoms with Crippen LogP contribution in [0.15, 0.2) is 0 Å². The Kier molecular flexibility index (Phi) is 10.7. The standard InChI is InChI=1S/C18H39N/c1-16(2)11-9-7-8-10-13-19-14-12-17(3)15-18(4,5)6/h16-17,19H,7-15H2,1-6H3. The van der Waals surface area contributed by atoms with Gasteiger partial charge in [0.2, 0.25) is 0 Å². The summed E-state index contributed by atoms with van der Waals surface area (Å²) in [5, 5.41) is 3.60. The first-order chi connectivity index (χ1) is 8.81. The predicted octanol–water partition coefficient (Wildman–Crippen LogP) is 5.64. The van der Waals surface area contributed by atoms with Gasteiger partial charge in [-0.1, -0.05) is 67.2 Å². The zero-order chi connectivity index (χ0) is 14.7. The third-order valence-electron chi connectivity index (χ3n) is 3.66. The Morgan fingerprint density at radius 2 is 1.42 bits per heavy atom. The largest absolute Gasteiger partial charge is 0.317 e. The van der Waals surface area contributed by atoms with Crippen LogP contribution in [-0.2, 0) is 0 Å². The minimum atomic E-state index is 0.482. The van der Waals surface area contributed by atoms with Crippen LogP contribution in [0.4, 0.5) is 0 Å². The highest BCUT2D eigenvalue weighted by molar-refractivity contribution is 4.67. The Labute approximate surface area is 122 Å². The summed E-state index contributed by atoms with van der Waals surface area (Å²) >= 11 is 0. The molecule has 116 valence electrons. The van der Waals surface area contributed by atoms with Crippen LogP contribution in [0, 0.1) is 17.3 Å². The fourth-order valence-corrected chi connectivity index (χ4v) is 2.78. The third-order valence-corrected chi connectivity index (χ3v) is 3.66. The Morgan fingerprint density at radius 3 is 2.00 bits per heavy atom. The highest BCUT2D eigenvalue weighted by Crippen LogP contribution is 2.25. The van der Waals surface area contributed by atoms with E-state index in [1.807, 2.05) is 0 Å². The molecule has 0 aliphatic heterocycles. The van der Waals surface area contributed by atoms with Crippen molar-refractivity contribution in [1.82, 2.24) is 5.32 Å². The van der Waals surface area contributed by atoms with Crippen molar-refractivity contribution in [3.05, 3.63) is 0 Å². The average molecular weight is 270 g/mol. The fourth-order valence-electron chi connectivity index (χ4n) is 2.78. The van der Waals surface area contributed by atoms with Crippen LogP contribution in [0.5, 0.6) is 0 Å². The van der Waals surface area contributed by atoms with Crippen LogP contribution in [0.25, 0.3) is 0 Å². The monoisotopic (exact) mass is 269 g/mol. The van der Waals surface area contributed by atoms with Gasteiger partial charge < -0.3 is 5.32 Å². The molecule has 1 nitrogen and oxygen atoms in total. The highest BCUT2D eigenvalue weighted by atomic mass is 14.8. The average Bonchev–Trinajstić information content (AvgIpc) is 2.24. The molecule has 0 heterocycles. The first kappa shape index (κ1) is 19.0. The Morgan fingerprint density at radius 1 is 0.789 bits per heavy atom. The molecule has 0 radical (unpaired) electrons. The summed E-state index contributed by atoms with van der Waals surface area (Å²) < 4.78 is 0. The van der Waals surface area contributed by atoms with E-state index in [2.05, 4.69) is 46.9 Å². The Balaban J connectivity index is 3.23. The number of unbranched alkanes of at least 4 members (excludes halogenated alkanes) is 3. The summed E-state index contributed by atoms with van der Waals surface area (Å²) in [5.74, 6) is 1.72. The lowest BCUT2D eigenvalue weighted by atomic mass is 9.84. The van der Waals surface area contributed by atoms with Crippen molar-refractivity contribution >= 4 is 0 Å². The molecular weight excluding hydrogens is 230 g/mol. The van der Waals surface area contributed by atoms with Crippen molar-refractivity contribution in [3.63, 3.8) is 0 Å². The smallest absolute Gasteiger partial charge is 0.00464 e. The third kappa shape index (κ3) is 15.9. The van der Waals surface area contributed by atoms with E-state index in [9.17, 15) is 0 Å². The summed E-state index contributed by atoms with van der Waals surface area (Å²) in [6, 6.07) is 0. The lowest BCUT2D eigenvalue weighted by Crippen LogP contribution is -2.20. The van der Waals surface area contributed by atoms with Crippen LogP contribution >= 0.6 is 0 Å². The zero-order valence-corrected chi connectivity index (χ0v) is 14.5. The van der Waals surface area contributed by atoms with E-state index in [4.69, 9.17) is 0 Å². The van der Waals surface area contributed by atoms with E-state index >= 15 is 0 Å². The highest BCUT2D eigenvalue weighted by Gasteiger charge is 2.14. The molecule has 0 aliphatic rings. The van der Waals surface area contributed by atoms with E-state index in [0.29, 0.717) is 5.41 Å². The summed E-state index contributed by atoms with van der Waals surface area (Å²) in [6.45, 7) is 16.5. The second-order valence-electron chi connectivity index (χ2n) is 8.01. The van der Waals surface area contributed by atoms with Crippen molar-refractivity contribution < 1.29 is 0 Å². The molecule has 1 heteroatoms. The summed E-state index contributed by atoms with van der Waals surface area (Å²) in [5.41, 5.74) is 0.482. The topological polar surface area (TPSA) is 12.0 Å². The van der Waals surface area contributed by atoms with Crippen LogP contribution in [0.1, 0.15) is 86.5 Å². The maximum absolute atomic E-state index is 3.60. The molecule has 0 saturated carbocycles. The quantitative estimate of drug-likeness (QED) is 0.478. The van der Waals surface area contributed by atoms with E-state index in [1.165, 1.54) is 58.0 Å². The first-order valence-electron chi connectivity index (χ1n) is 8.52. The van der Waals surface area contributed by atoms with Crippen LogP contribution in [0.2, 0.25) is 0 Å². The van der Waals surface area contributed by atoms with E-state index < -0.39 is 0 Å². The maximum atomic E-state index is 3.60. The summed E-state index contributed by atoms with van der Waals surface area (Å²) in [6.07, 6.45) is 9.65. The van der Waals surface area contributed by atoms with Gasteiger partial charge in [0.15, 0.2) is 0 Å². The Hall–Kier alpha value is -0.0400. The van der Waals surface area contributed by atoms with Crippen LogP contribution in [0.3, 0.4) is 0 Å². The molecule has 0 aromatic rings. The van der Waals surface area contributed by atoms with Gasteiger partial charge in [-0.3, -0.25) is 0 Å². The zero-order valence-electron chi connectivity index (χ0n) is 14.5. The van der Waals surface area contributed by atoms with Crippen molar-refractivity contribution in [2.24, 2.45) is 17.3 Å². The van der Waals surface area contributed by atoms with Crippen molar-refractivity contribution in [2.45, 2.75) is 86.5 Å². The van der Waals surface area contributed by atoms with Crippen molar-refractivity contribution in [2.75, 3.05) is 13.1 Å². The minimum Gasteiger partial charge on any atom is -0.317 e. The number of hydrogen-bond donors (Lipinski definition) is 1. The molecule has 0 aliphatic carbocycles. The molecular formula is C18H39N. The van der Waals surface area contributed by atoms with Crippen molar-refractivity contribution in [1.29, 1.82) is 0 Å². The van der Waals surface area contributed by atoms with Crippen molar-refractivity contribution in [3.8, 4) is 0 Å². The van der Waals surface area contributed by atoms with E-state index in [0.717, 1.165) is 11.8 Å². The molecule has 19 heavy (non-hydrogen) atoms. The molecule has 1 N–H and O–H groups in total. The van der Waals surface area contributed by atoms with Crippen LogP contribution < -0.4 is 5.32 Å². The van der Waals surface area contributed by atoms with Gasteiger partial charge in [0.25, 0.3) is 0 Å². The molecule has 1 atom stereocenters. The van der Waals surface area contributed by atoms with E-state index in [1.54, 1.807) is 0 Å². The van der Waals surface area contributed by atoms with Gasteiger partial charge in [-0.05, 0) is 49.6 Å². The number of hydrogen-bond acceptors (Lipinski definition) is 1. The molecule has 0 aromatic carbocycles. The number of rotatable bonds is 11. The SMILES string of the molecule is CC(C)CCCCCCNCCC(C)CC(C)(C)C. The lowest BCUT2D eigenvalue weighted by Gasteiger charge is -2.23. The van der Waals surface area contributed by atoms with E-state index in [-0.39, 0.29) is 0 Å². The summed E-state index contributed by atoms with van der Waals surface area (Å²) in [7, 11) is 0. The molecule has 0 rings (SSSR count). The maximum Gasteiger partial charge on any atom is -0.00464 e. The van der Waals surface area contributed by atoms with Gasteiger partial charge in [0, 0.05) is 0 Å². The van der Waals surface area contributed by atoms with Gasteiger partial charge in [-0.25, -0.2) is 0 Å². The lowest BCUT2D eigenvalue weighted by molar-refractivity contribution is 0.294. The number of nitrogens with one attached hydrogen (secondary N) is 1. The molecule has 0 saturated heterocycles. The fraction of sp³-hybridized carbons (Fsp3) is 1.00. The second kappa shape index (κ2) is 10.7. The second-order valence-corrected chi connectivity index (χ2v) is 8.01. The molecule has 1 unspecified atom stereocenters. The molecule has 0 amide bonds. The van der Waals surface area contributed by atoms with Gasteiger partial charge in [-0.15, -0.1) is 0 Å².